The molecule has 5 nitrogen and oxygen atoms in total. The summed E-state index contributed by atoms with van der Waals surface area (Å²) in [7, 11) is 0. The Morgan fingerprint density at radius 1 is 1.29 bits per heavy atom. The maximum atomic E-state index is 12.8. The van der Waals surface area contributed by atoms with Crippen molar-refractivity contribution in [1.29, 1.82) is 0 Å². The second-order valence-corrected chi connectivity index (χ2v) is 8.54. The highest BCUT2D eigenvalue weighted by atomic mass is 16.1. The van der Waals surface area contributed by atoms with Crippen molar-refractivity contribution in [2.75, 3.05) is 18.4 Å². The molecular weight excluding hydrogens is 348 g/mol. The summed E-state index contributed by atoms with van der Waals surface area (Å²) in [4.78, 5) is 12.8. The minimum absolute atomic E-state index is 0.111. The van der Waals surface area contributed by atoms with Gasteiger partial charge < -0.3 is 10.6 Å². The van der Waals surface area contributed by atoms with Crippen LogP contribution in [0.15, 0.2) is 30.5 Å². The fourth-order valence-electron chi connectivity index (χ4n) is 4.88. The maximum absolute atomic E-state index is 12.8. The molecule has 2 N–H and O–H groups in total. The zero-order valence-corrected chi connectivity index (χ0v) is 17.1. The van der Waals surface area contributed by atoms with Crippen molar-refractivity contribution < 1.29 is 4.79 Å². The van der Waals surface area contributed by atoms with Crippen LogP contribution < -0.4 is 10.6 Å². The molecule has 2 atom stereocenters. The lowest BCUT2D eigenvalue weighted by Crippen LogP contribution is -2.32. The van der Waals surface area contributed by atoms with Crippen LogP contribution in [0.4, 0.5) is 5.82 Å². The van der Waals surface area contributed by atoms with Crippen molar-refractivity contribution in [1.82, 2.24) is 15.1 Å². The zero-order valence-electron chi connectivity index (χ0n) is 17.1. The number of fused-ring (bicyclic) bond motifs is 1. The fraction of sp³-hybridized carbons (Fsp3) is 0.565. The largest absolute Gasteiger partial charge is 0.317 e. The fourth-order valence-corrected chi connectivity index (χ4v) is 4.88. The number of benzene rings is 1. The Morgan fingerprint density at radius 2 is 2.07 bits per heavy atom. The molecule has 2 heterocycles. The van der Waals surface area contributed by atoms with Gasteiger partial charge in [-0.3, -0.25) is 4.79 Å². The van der Waals surface area contributed by atoms with Crippen molar-refractivity contribution in [3.05, 3.63) is 47.2 Å². The van der Waals surface area contributed by atoms with Crippen LogP contribution in [0.2, 0.25) is 0 Å². The first-order valence-corrected chi connectivity index (χ1v) is 10.8. The molecule has 1 aliphatic heterocycles. The molecule has 1 aromatic carbocycles. The lowest BCUT2D eigenvalue weighted by atomic mass is 9.84. The van der Waals surface area contributed by atoms with Gasteiger partial charge in [0.15, 0.2) is 0 Å². The number of hydrogen-bond donors (Lipinski definition) is 2. The van der Waals surface area contributed by atoms with Crippen LogP contribution in [0.25, 0.3) is 0 Å². The predicted octanol–water partition coefficient (Wildman–Crippen LogP) is 4.08. The van der Waals surface area contributed by atoms with E-state index in [0.29, 0.717) is 18.3 Å². The molecule has 0 radical (unpaired) electrons. The van der Waals surface area contributed by atoms with E-state index >= 15 is 0 Å². The summed E-state index contributed by atoms with van der Waals surface area (Å²) in [5.41, 5.74) is 3.78. The van der Waals surface area contributed by atoms with Crippen molar-refractivity contribution in [3.63, 3.8) is 0 Å². The van der Waals surface area contributed by atoms with E-state index in [2.05, 4.69) is 46.9 Å². The van der Waals surface area contributed by atoms with Gasteiger partial charge in [0.2, 0.25) is 5.91 Å². The van der Waals surface area contributed by atoms with Crippen LogP contribution in [-0.4, -0.2) is 28.8 Å². The molecule has 5 heteroatoms. The average molecular weight is 381 g/mol. The summed E-state index contributed by atoms with van der Waals surface area (Å²) in [6, 6.07) is 8.85. The number of amides is 1. The molecule has 0 spiro atoms. The number of rotatable bonds is 5. The second-order valence-electron chi connectivity index (χ2n) is 8.54. The number of hydrogen-bond acceptors (Lipinski definition) is 3. The van der Waals surface area contributed by atoms with Crippen LogP contribution >= 0.6 is 0 Å². The zero-order chi connectivity index (χ0) is 19.5. The first-order valence-electron chi connectivity index (χ1n) is 10.8. The molecule has 4 rings (SSSR count). The molecule has 1 amide bonds. The molecule has 1 fully saturated rings. The van der Waals surface area contributed by atoms with Crippen LogP contribution in [0.5, 0.6) is 0 Å². The van der Waals surface area contributed by atoms with Gasteiger partial charge in [0.25, 0.3) is 0 Å². The summed E-state index contributed by atoms with van der Waals surface area (Å²) < 4.78 is 2.04. The van der Waals surface area contributed by atoms with Gasteiger partial charge in [0, 0.05) is 12.0 Å². The van der Waals surface area contributed by atoms with Gasteiger partial charge in [-0.2, -0.15) is 5.10 Å². The van der Waals surface area contributed by atoms with Crippen molar-refractivity contribution >= 4 is 11.7 Å². The van der Waals surface area contributed by atoms with Gasteiger partial charge in [-0.05, 0) is 75.1 Å². The highest BCUT2D eigenvalue weighted by Crippen LogP contribution is 2.35. The minimum Gasteiger partial charge on any atom is -0.317 e. The summed E-state index contributed by atoms with van der Waals surface area (Å²) in [6.07, 6.45) is 8.14. The third-order valence-corrected chi connectivity index (χ3v) is 6.57. The summed E-state index contributed by atoms with van der Waals surface area (Å²) in [6.45, 7) is 6.40. The number of aromatic nitrogens is 2. The Bertz CT molecular complexity index is 822. The number of piperidine rings is 1. The lowest BCUT2D eigenvalue weighted by molar-refractivity contribution is -0.117. The summed E-state index contributed by atoms with van der Waals surface area (Å²) in [5, 5.41) is 11.3. The van der Waals surface area contributed by atoms with Crippen LogP contribution in [-0.2, 0) is 11.2 Å². The minimum atomic E-state index is 0.111. The Balaban J connectivity index is 1.49. The van der Waals surface area contributed by atoms with Gasteiger partial charge in [0.05, 0.1) is 12.2 Å². The quantitative estimate of drug-likeness (QED) is 0.822. The van der Waals surface area contributed by atoms with Crippen LogP contribution in [0.1, 0.15) is 61.8 Å². The lowest BCUT2D eigenvalue weighted by Gasteiger charge is -2.29. The van der Waals surface area contributed by atoms with E-state index in [1.54, 1.807) is 0 Å². The van der Waals surface area contributed by atoms with E-state index in [1.807, 2.05) is 17.8 Å². The van der Waals surface area contributed by atoms with Gasteiger partial charge in [-0.1, -0.05) is 31.2 Å². The van der Waals surface area contributed by atoms with Crippen molar-refractivity contribution in [2.24, 2.45) is 11.8 Å². The van der Waals surface area contributed by atoms with E-state index in [9.17, 15) is 4.79 Å². The van der Waals surface area contributed by atoms with Gasteiger partial charge in [0.1, 0.15) is 5.82 Å². The molecule has 2 unspecified atom stereocenters. The molecule has 150 valence electrons. The molecule has 1 aliphatic carbocycles. The molecule has 1 aromatic heterocycles. The molecule has 0 saturated carbocycles. The number of nitrogens with zero attached hydrogens (tertiary/aromatic N) is 2. The Labute approximate surface area is 167 Å². The number of aryl methyl sites for hydroxylation is 2. The second kappa shape index (κ2) is 8.48. The highest BCUT2D eigenvalue weighted by molar-refractivity contribution is 5.90. The Kier molecular flexibility index (Phi) is 5.81. The first kappa shape index (κ1) is 19.2. The Morgan fingerprint density at radius 3 is 2.89 bits per heavy atom. The predicted molar refractivity (Wildman–Crippen MR) is 112 cm³/mol. The molecular formula is C23H32N4O. The number of nitrogens with one attached hydrogen (secondary N) is 2. The SMILES string of the molecule is Cc1cnn(C2CCCc3ccccc32)c1NC(=O)CC(C)C1CCNCC1. The smallest absolute Gasteiger partial charge is 0.225 e. The molecule has 2 aliphatic rings. The highest BCUT2D eigenvalue weighted by Gasteiger charge is 2.26. The Hall–Kier alpha value is -2.14. The molecule has 28 heavy (non-hydrogen) atoms. The van der Waals surface area contributed by atoms with E-state index in [-0.39, 0.29) is 11.9 Å². The van der Waals surface area contributed by atoms with Crippen molar-refractivity contribution in [2.45, 2.75) is 58.4 Å². The molecule has 0 bridgehead atoms. The van der Waals surface area contributed by atoms with Crippen molar-refractivity contribution in [3.8, 4) is 0 Å². The van der Waals surface area contributed by atoms with E-state index in [4.69, 9.17) is 0 Å². The van der Waals surface area contributed by atoms with Crippen LogP contribution in [0.3, 0.4) is 0 Å². The standard InChI is InChI=1S/C23H32N4O/c1-16(18-10-12-24-13-11-18)14-22(28)26-23-17(2)15-25-27(23)21-9-5-7-19-6-3-4-8-20(19)21/h3-4,6,8,15-16,18,21,24H,5,7,9-14H2,1-2H3,(H,26,28). The van der Waals surface area contributed by atoms with Gasteiger partial charge in [-0.15, -0.1) is 0 Å². The van der Waals surface area contributed by atoms with Crippen LogP contribution in [0, 0.1) is 18.8 Å². The van der Waals surface area contributed by atoms with Gasteiger partial charge in [-0.25, -0.2) is 4.68 Å². The monoisotopic (exact) mass is 380 g/mol. The summed E-state index contributed by atoms with van der Waals surface area (Å²) in [5.74, 6) is 2.03. The summed E-state index contributed by atoms with van der Waals surface area (Å²) >= 11 is 0. The molecule has 1 saturated heterocycles. The average Bonchev–Trinajstić information content (AvgIpc) is 3.08. The normalized spacial score (nSPS) is 21.1. The third-order valence-electron chi connectivity index (χ3n) is 6.57. The van der Waals surface area contributed by atoms with E-state index in [0.717, 1.165) is 43.7 Å². The van der Waals surface area contributed by atoms with E-state index < -0.39 is 0 Å². The van der Waals surface area contributed by atoms with E-state index in [1.165, 1.54) is 24.0 Å². The first-order chi connectivity index (χ1) is 13.6. The molecule has 2 aromatic rings. The number of carbonyl (C=O) groups is 1. The number of carbonyl (C=O) groups excluding carboxylic acids is 1. The number of anilines is 1. The topological polar surface area (TPSA) is 59.0 Å². The third kappa shape index (κ3) is 4.00. The maximum Gasteiger partial charge on any atom is 0.225 e. The van der Waals surface area contributed by atoms with Gasteiger partial charge >= 0.3 is 0 Å².